The van der Waals surface area contributed by atoms with E-state index < -0.39 is 0 Å². The molecule has 0 unspecified atom stereocenters. The Hall–Kier alpha value is -0.850. The minimum Gasteiger partial charge on any atom is -0.496 e. The van der Waals surface area contributed by atoms with Crippen molar-refractivity contribution in [3.05, 3.63) is 33.1 Å². The van der Waals surface area contributed by atoms with Crippen LogP contribution in [-0.2, 0) is 4.79 Å². The van der Waals surface area contributed by atoms with Crippen molar-refractivity contribution in [3.8, 4) is 5.75 Å². The Kier molecular flexibility index (Phi) is 3.86. The summed E-state index contributed by atoms with van der Waals surface area (Å²) >= 11 is 9.56. The molecule has 0 spiro atoms. The molecule has 0 saturated carbocycles. The molecule has 1 fully saturated rings. The highest BCUT2D eigenvalue weighted by Gasteiger charge is 2.22. The molecule has 2 rings (SSSR count). The lowest BCUT2D eigenvalue weighted by molar-refractivity contribution is -0.115. The second-order valence-corrected chi connectivity index (χ2v) is 5.87. The monoisotopic (exact) mass is 329 g/mol. The van der Waals surface area contributed by atoms with Gasteiger partial charge >= 0.3 is 0 Å². The summed E-state index contributed by atoms with van der Waals surface area (Å²) in [5.74, 6) is 0.550. The number of carbonyl (C=O) groups excluding carboxylic acids is 1. The van der Waals surface area contributed by atoms with Gasteiger partial charge in [-0.15, -0.1) is 0 Å². The Balaban J connectivity index is 2.41. The van der Waals surface area contributed by atoms with Crippen LogP contribution in [0.3, 0.4) is 0 Å². The van der Waals surface area contributed by atoms with Gasteiger partial charge in [0.1, 0.15) is 10.1 Å². The number of methoxy groups -OCH3 is 1. The molecular formula is C11H8BrNO2S2. The molecule has 1 N–H and O–H groups in total. The number of halogens is 1. The third-order valence-electron chi connectivity index (χ3n) is 2.12. The maximum atomic E-state index is 11.5. The first-order valence-electron chi connectivity index (χ1n) is 4.68. The molecule has 1 aliphatic rings. The minimum absolute atomic E-state index is 0.165. The quantitative estimate of drug-likeness (QED) is 0.668. The van der Waals surface area contributed by atoms with Crippen LogP contribution in [0.2, 0.25) is 0 Å². The Labute approximate surface area is 117 Å². The number of ether oxygens (including phenoxy) is 1. The van der Waals surface area contributed by atoms with Crippen LogP contribution in [0.15, 0.2) is 27.6 Å². The lowest BCUT2D eigenvalue weighted by atomic mass is 10.2. The van der Waals surface area contributed by atoms with Crippen molar-refractivity contribution in [2.45, 2.75) is 0 Å². The number of carbonyl (C=O) groups is 1. The third-order valence-corrected chi connectivity index (χ3v) is 3.78. The van der Waals surface area contributed by atoms with E-state index in [9.17, 15) is 4.79 Å². The lowest BCUT2D eigenvalue weighted by Gasteiger charge is -2.05. The van der Waals surface area contributed by atoms with Crippen LogP contribution >= 0.6 is 39.9 Å². The Morgan fingerprint density at radius 3 is 2.88 bits per heavy atom. The fourth-order valence-corrected chi connectivity index (χ4v) is 2.79. The Bertz CT molecular complexity index is 528. The van der Waals surface area contributed by atoms with Crippen molar-refractivity contribution >= 4 is 56.2 Å². The molecule has 1 heterocycles. The molecular weight excluding hydrogens is 322 g/mol. The van der Waals surface area contributed by atoms with E-state index in [-0.39, 0.29) is 5.91 Å². The predicted octanol–water partition coefficient (Wildman–Crippen LogP) is 2.95. The van der Waals surface area contributed by atoms with Gasteiger partial charge in [-0.1, -0.05) is 39.9 Å². The van der Waals surface area contributed by atoms with E-state index in [1.807, 2.05) is 18.2 Å². The van der Waals surface area contributed by atoms with Gasteiger partial charge in [0.2, 0.25) is 0 Å². The number of benzene rings is 1. The number of rotatable bonds is 2. The second-order valence-electron chi connectivity index (χ2n) is 3.24. The minimum atomic E-state index is -0.165. The van der Waals surface area contributed by atoms with Crippen LogP contribution in [0.1, 0.15) is 5.56 Å². The summed E-state index contributed by atoms with van der Waals surface area (Å²) in [5.41, 5.74) is 0.837. The predicted molar refractivity (Wildman–Crippen MR) is 77.0 cm³/mol. The Morgan fingerprint density at radius 2 is 2.29 bits per heavy atom. The van der Waals surface area contributed by atoms with Gasteiger partial charge in [0.15, 0.2) is 0 Å². The summed E-state index contributed by atoms with van der Waals surface area (Å²) in [6, 6.07) is 5.61. The summed E-state index contributed by atoms with van der Waals surface area (Å²) in [5, 5.41) is 2.57. The average molecular weight is 330 g/mol. The highest BCUT2D eigenvalue weighted by Crippen LogP contribution is 2.30. The largest absolute Gasteiger partial charge is 0.496 e. The van der Waals surface area contributed by atoms with Crippen molar-refractivity contribution in [2.75, 3.05) is 7.11 Å². The van der Waals surface area contributed by atoms with Crippen molar-refractivity contribution in [3.63, 3.8) is 0 Å². The van der Waals surface area contributed by atoms with E-state index >= 15 is 0 Å². The number of nitrogens with one attached hydrogen (secondary N) is 1. The fraction of sp³-hybridized carbons (Fsp3) is 0.0909. The summed E-state index contributed by atoms with van der Waals surface area (Å²) < 4.78 is 6.64. The molecule has 1 aliphatic heterocycles. The molecule has 1 aromatic carbocycles. The molecule has 0 aliphatic carbocycles. The third kappa shape index (κ3) is 2.88. The van der Waals surface area contributed by atoms with E-state index in [0.717, 1.165) is 10.0 Å². The molecule has 88 valence electrons. The smallest absolute Gasteiger partial charge is 0.263 e. The van der Waals surface area contributed by atoms with Crippen LogP contribution in [0, 0.1) is 0 Å². The number of thiocarbonyl (C=S) groups is 1. The van der Waals surface area contributed by atoms with Crippen LogP contribution in [0.5, 0.6) is 5.75 Å². The fourth-order valence-electron chi connectivity index (χ4n) is 1.38. The number of hydrogen-bond acceptors (Lipinski definition) is 4. The zero-order valence-electron chi connectivity index (χ0n) is 8.82. The van der Waals surface area contributed by atoms with Gasteiger partial charge in [0, 0.05) is 10.0 Å². The Morgan fingerprint density at radius 1 is 1.53 bits per heavy atom. The van der Waals surface area contributed by atoms with E-state index in [1.165, 1.54) is 11.8 Å². The molecule has 17 heavy (non-hydrogen) atoms. The van der Waals surface area contributed by atoms with Gasteiger partial charge < -0.3 is 10.1 Å². The maximum Gasteiger partial charge on any atom is 0.263 e. The van der Waals surface area contributed by atoms with Gasteiger partial charge in [-0.05, 0) is 24.3 Å². The molecule has 1 saturated heterocycles. The van der Waals surface area contributed by atoms with Gasteiger partial charge in [0.25, 0.3) is 5.91 Å². The lowest BCUT2D eigenvalue weighted by Crippen LogP contribution is -2.17. The van der Waals surface area contributed by atoms with Crippen LogP contribution in [-0.4, -0.2) is 17.3 Å². The zero-order chi connectivity index (χ0) is 12.4. The first kappa shape index (κ1) is 12.6. The van der Waals surface area contributed by atoms with Crippen molar-refractivity contribution in [1.82, 2.24) is 5.32 Å². The summed E-state index contributed by atoms with van der Waals surface area (Å²) in [6.07, 6.45) is 1.77. The zero-order valence-corrected chi connectivity index (χ0v) is 12.0. The number of thioether (sulfide) groups is 1. The number of hydrogen-bond donors (Lipinski definition) is 1. The van der Waals surface area contributed by atoms with Gasteiger partial charge in [0.05, 0.1) is 12.0 Å². The summed E-state index contributed by atoms with van der Waals surface area (Å²) in [7, 11) is 1.59. The molecule has 0 atom stereocenters. The van der Waals surface area contributed by atoms with Crippen LogP contribution < -0.4 is 10.1 Å². The van der Waals surface area contributed by atoms with Gasteiger partial charge in [-0.25, -0.2) is 0 Å². The average Bonchev–Trinajstić information content (AvgIpc) is 2.58. The topological polar surface area (TPSA) is 38.3 Å². The molecule has 0 bridgehead atoms. The van der Waals surface area contributed by atoms with Gasteiger partial charge in [-0.3, -0.25) is 4.79 Å². The van der Waals surface area contributed by atoms with E-state index in [4.69, 9.17) is 17.0 Å². The van der Waals surface area contributed by atoms with E-state index in [1.54, 1.807) is 13.2 Å². The van der Waals surface area contributed by atoms with Crippen LogP contribution in [0.25, 0.3) is 6.08 Å². The summed E-state index contributed by atoms with van der Waals surface area (Å²) in [6.45, 7) is 0. The van der Waals surface area contributed by atoms with Crippen LogP contribution in [0.4, 0.5) is 0 Å². The molecule has 0 aromatic heterocycles. The molecule has 3 nitrogen and oxygen atoms in total. The SMILES string of the molecule is COc1ccc(Br)cc1/C=C1\SC(=S)NC1=O. The number of amides is 1. The first-order chi connectivity index (χ1) is 8.10. The van der Waals surface area contributed by atoms with Crippen molar-refractivity contribution < 1.29 is 9.53 Å². The summed E-state index contributed by atoms with van der Waals surface area (Å²) in [4.78, 5) is 12.1. The normalized spacial score (nSPS) is 17.4. The molecule has 1 amide bonds. The first-order valence-corrected chi connectivity index (χ1v) is 6.70. The van der Waals surface area contributed by atoms with Gasteiger partial charge in [-0.2, -0.15) is 0 Å². The molecule has 1 aromatic rings. The maximum absolute atomic E-state index is 11.5. The van der Waals surface area contributed by atoms with E-state index in [0.29, 0.717) is 15.0 Å². The second kappa shape index (κ2) is 5.20. The van der Waals surface area contributed by atoms with E-state index in [2.05, 4.69) is 21.2 Å². The molecule has 6 heteroatoms. The molecule has 0 radical (unpaired) electrons. The highest BCUT2D eigenvalue weighted by atomic mass is 79.9. The van der Waals surface area contributed by atoms with Crippen molar-refractivity contribution in [1.29, 1.82) is 0 Å². The van der Waals surface area contributed by atoms with Crippen molar-refractivity contribution in [2.24, 2.45) is 0 Å². The standard InChI is InChI=1S/C11H8BrNO2S2/c1-15-8-3-2-7(12)4-6(8)5-9-10(14)13-11(16)17-9/h2-5H,1H3,(H,13,14,16)/b9-5-. The highest BCUT2D eigenvalue weighted by molar-refractivity contribution is 9.10.